The standard InChI is InChI=1S/C28H45NO9Si/c1-9-39(10-2,11-3)38-26-22(17-23(31)33-7)37-25(19(4)24(26)36-20(5)30)27(28(32)29(6)34-8)35-18-21-15-13-12-14-16-21/h12-16,19,22,24-27H,9-11,17-18H2,1-8H3/t19-,22-,24-,25-,26-,27+/m1/s1. The van der Waals surface area contributed by atoms with E-state index in [-0.39, 0.29) is 13.0 Å². The molecule has 220 valence electrons. The van der Waals surface area contributed by atoms with Crippen LogP contribution in [0.3, 0.4) is 0 Å². The Morgan fingerprint density at radius 3 is 2.15 bits per heavy atom. The fourth-order valence-corrected chi connectivity index (χ4v) is 7.86. The molecular formula is C28H45NO9Si. The average Bonchev–Trinajstić information content (AvgIpc) is 2.95. The molecule has 1 aromatic rings. The second kappa shape index (κ2) is 15.5. The first kappa shape index (κ1) is 32.9. The van der Waals surface area contributed by atoms with Gasteiger partial charge >= 0.3 is 11.9 Å². The minimum Gasteiger partial charge on any atom is -0.469 e. The monoisotopic (exact) mass is 567 g/mol. The summed E-state index contributed by atoms with van der Waals surface area (Å²) in [6.45, 7) is 9.60. The minimum absolute atomic E-state index is 0.135. The van der Waals surface area contributed by atoms with Crippen LogP contribution in [0.25, 0.3) is 0 Å². The van der Waals surface area contributed by atoms with Crippen LogP contribution in [0.5, 0.6) is 0 Å². The fourth-order valence-electron chi connectivity index (χ4n) is 4.99. The zero-order valence-corrected chi connectivity index (χ0v) is 25.5. The molecule has 1 heterocycles. The van der Waals surface area contributed by atoms with Crippen molar-refractivity contribution < 1.29 is 42.6 Å². The van der Waals surface area contributed by atoms with E-state index in [4.69, 9.17) is 28.2 Å². The first-order chi connectivity index (χ1) is 18.6. The molecule has 1 aliphatic rings. The first-order valence-corrected chi connectivity index (χ1v) is 16.1. The van der Waals surface area contributed by atoms with Crippen LogP contribution in [0.1, 0.15) is 46.6 Å². The summed E-state index contributed by atoms with van der Waals surface area (Å²) in [4.78, 5) is 43.5. The third-order valence-electron chi connectivity index (χ3n) is 7.67. The molecule has 0 radical (unpaired) electrons. The van der Waals surface area contributed by atoms with E-state index in [1.807, 2.05) is 37.3 Å². The third kappa shape index (κ3) is 8.58. The van der Waals surface area contributed by atoms with Crippen LogP contribution in [0.2, 0.25) is 18.1 Å². The van der Waals surface area contributed by atoms with Crippen LogP contribution in [-0.4, -0.2) is 83.0 Å². The molecule has 1 fully saturated rings. The molecule has 1 saturated heterocycles. The molecule has 1 aliphatic heterocycles. The van der Waals surface area contributed by atoms with Gasteiger partial charge in [0.25, 0.3) is 5.91 Å². The zero-order chi connectivity index (χ0) is 29.2. The van der Waals surface area contributed by atoms with Crippen LogP contribution >= 0.6 is 0 Å². The van der Waals surface area contributed by atoms with Gasteiger partial charge in [-0.25, -0.2) is 5.06 Å². The van der Waals surface area contributed by atoms with E-state index < -0.39 is 62.6 Å². The molecule has 1 aromatic carbocycles. The number of rotatable bonds is 14. The summed E-state index contributed by atoms with van der Waals surface area (Å²) < 4.78 is 30.3. The van der Waals surface area contributed by atoms with Crippen LogP contribution < -0.4 is 0 Å². The highest BCUT2D eigenvalue weighted by Crippen LogP contribution is 2.38. The number of hydrogen-bond acceptors (Lipinski definition) is 9. The Labute approximate surface area is 233 Å². The Morgan fingerprint density at radius 2 is 1.64 bits per heavy atom. The van der Waals surface area contributed by atoms with E-state index in [0.717, 1.165) is 28.8 Å². The van der Waals surface area contributed by atoms with Gasteiger partial charge in [-0.15, -0.1) is 0 Å². The lowest BCUT2D eigenvalue weighted by Crippen LogP contribution is -2.63. The molecular weight excluding hydrogens is 522 g/mol. The van der Waals surface area contributed by atoms with Crippen LogP contribution in [-0.2, 0) is 49.2 Å². The van der Waals surface area contributed by atoms with Gasteiger partial charge in [-0.2, -0.15) is 0 Å². The summed E-state index contributed by atoms with van der Waals surface area (Å²) in [5.41, 5.74) is 0.868. The number of benzene rings is 1. The summed E-state index contributed by atoms with van der Waals surface area (Å²) in [5, 5.41) is 1.08. The fraction of sp³-hybridized carbons (Fsp3) is 0.679. The van der Waals surface area contributed by atoms with Crippen molar-refractivity contribution in [3.05, 3.63) is 35.9 Å². The van der Waals surface area contributed by atoms with Crippen molar-refractivity contribution in [2.24, 2.45) is 5.92 Å². The highest BCUT2D eigenvalue weighted by atomic mass is 28.4. The van der Waals surface area contributed by atoms with Crippen molar-refractivity contribution in [3.63, 3.8) is 0 Å². The second-order valence-electron chi connectivity index (χ2n) is 9.91. The van der Waals surface area contributed by atoms with Gasteiger partial charge in [-0.1, -0.05) is 58.0 Å². The molecule has 0 bridgehead atoms. The molecule has 0 spiro atoms. The molecule has 2 rings (SSSR count). The molecule has 10 nitrogen and oxygen atoms in total. The SMILES string of the molecule is CC[Si](CC)(CC)O[C@H]1[C@H](OC(C)=O)[C@@H](C)[C@H]([C@H](OCc2ccccc2)C(=O)N(C)OC)O[C@@H]1CC(=O)OC. The van der Waals surface area contributed by atoms with Crippen molar-refractivity contribution in [2.75, 3.05) is 21.3 Å². The lowest BCUT2D eigenvalue weighted by atomic mass is 9.84. The number of carbonyl (C=O) groups is 3. The summed E-state index contributed by atoms with van der Waals surface area (Å²) in [5.74, 6) is -1.97. The maximum absolute atomic E-state index is 13.5. The van der Waals surface area contributed by atoms with Gasteiger partial charge in [0, 0.05) is 19.9 Å². The number of ether oxygens (including phenoxy) is 4. The van der Waals surface area contributed by atoms with Crippen molar-refractivity contribution in [3.8, 4) is 0 Å². The number of nitrogens with zero attached hydrogens (tertiary/aromatic N) is 1. The van der Waals surface area contributed by atoms with Crippen LogP contribution in [0, 0.1) is 5.92 Å². The smallest absolute Gasteiger partial charge is 0.308 e. The molecule has 0 N–H and O–H groups in total. The Balaban J connectivity index is 2.54. The van der Waals surface area contributed by atoms with Crippen LogP contribution in [0.4, 0.5) is 0 Å². The number of methoxy groups -OCH3 is 1. The molecule has 6 atom stereocenters. The largest absolute Gasteiger partial charge is 0.469 e. The molecule has 39 heavy (non-hydrogen) atoms. The topological polar surface area (TPSA) is 110 Å². The van der Waals surface area contributed by atoms with Crippen molar-refractivity contribution in [2.45, 2.75) is 96.3 Å². The summed E-state index contributed by atoms with van der Waals surface area (Å²) in [6.07, 6.45) is -4.45. The maximum Gasteiger partial charge on any atom is 0.308 e. The molecule has 0 saturated carbocycles. The number of hydroxylamine groups is 2. The molecule has 0 aliphatic carbocycles. The van der Waals surface area contributed by atoms with Gasteiger partial charge < -0.3 is 23.4 Å². The Hall–Kier alpha value is -2.31. The molecule has 11 heteroatoms. The number of hydrogen-bond donors (Lipinski definition) is 0. The minimum atomic E-state index is -2.23. The average molecular weight is 568 g/mol. The first-order valence-electron chi connectivity index (χ1n) is 13.6. The predicted molar refractivity (Wildman–Crippen MR) is 147 cm³/mol. The van der Waals surface area contributed by atoms with Gasteiger partial charge in [0.05, 0.1) is 39.5 Å². The third-order valence-corrected chi connectivity index (χ3v) is 12.3. The molecule has 0 unspecified atom stereocenters. The number of esters is 2. The highest BCUT2D eigenvalue weighted by Gasteiger charge is 2.53. The van der Waals surface area contributed by atoms with Gasteiger partial charge in [-0.3, -0.25) is 19.2 Å². The van der Waals surface area contributed by atoms with Crippen molar-refractivity contribution in [1.82, 2.24) is 5.06 Å². The Bertz CT molecular complexity index is 919. The van der Waals surface area contributed by atoms with Crippen molar-refractivity contribution >= 4 is 26.2 Å². The van der Waals surface area contributed by atoms with E-state index in [9.17, 15) is 14.4 Å². The van der Waals surface area contributed by atoms with Crippen LogP contribution in [0.15, 0.2) is 30.3 Å². The summed E-state index contributed by atoms with van der Waals surface area (Å²) >= 11 is 0. The lowest BCUT2D eigenvalue weighted by Gasteiger charge is -2.49. The maximum atomic E-state index is 13.5. The predicted octanol–water partition coefficient (Wildman–Crippen LogP) is 3.88. The number of amides is 1. The lowest BCUT2D eigenvalue weighted by molar-refractivity contribution is -0.240. The molecule has 0 aromatic heterocycles. The van der Waals surface area contributed by atoms with E-state index in [2.05, 4.69) is 20.8 Å². The van der Waals surface area contributed by atoms with Crippen molar-refractivity contribution in [1.29, 1.82) is 0 Å². The number of likely N-dealkylation sites (N-methyl/N-ethyl adjacent to an activating group) is 1. The van der Waals surface area contributed by atoms with Gasteiger partial charge in [0.2, 0.25) is 0 Å². The van der Waals surface area contributed by atoms with Gasteiger partial charge in [0.1, 0.15) is 12.2 Å². The second-order valence-corrected chi connectivity index (χ2v) is 14.6. The van der Waals surface area contributed by atoms with E-state index in [1.54, 1.807) is 0 Å². The van der Waals surface area contributed by atoms with E-state index in [0.29, 0.717) is 0 Å². The quantitative estimate of drug-likeness (QED) is 0.188. The van der Waals surface area contributed by atoms with Gasteiger partial charge in [0.15, 0.2) is 14.4 Å². The normalized spacial score (nSPS) is 24.1. The van der Waals surface area contributed by atoms with E-state index in [1.165, 1.54) is 28.2 Å². The number of carbonyl (C=O) groups excluding carboxylic acids is 3. The summed E-state index contributed by atoms with van der Waals surface area (Å²) in [6, 6.07) is 12.0. The highest BCUT2D eigenvalue weighted by molar-refractivity contribution is 6.73. The Kier molecular flexibility index (Phi) is 13.0. The van der Waals surface area contributed by atoms with E-state index >= 15 is 0 Å². The molecule has 1 amide bonds. The zero-order valence-electron chi connectivity index (χ0n) is 24.5. The van der Waals surface area contributed by atoms with Gasteiger partial charge in [-0.05, 0) is 23.7 Å². The Morgan fingerprint density at radius 1 is 1.03 bits per heavy atom. The summed E-state index contributed by atoms with van der Waals surface area (Å²) in [7, 11) is 1.94.